The molecule has 0 spiro atoms. The molecular formula is C17H27N3O4. The van der Waals surface area contributed by atoms with Crippen LogP contribution in [0.25, 0.3) is 0 Å². The van der Waals surface area contributed by atoms with Gasteiger partial charge in [0.05, 0.1) is 26.0 Å². The van der Waals surface area contributed by atoms with Crippen LogP contribution in [0.2, 0.25) is 0 Å². The van der Waals surface area contributed by atoms with Crippen LogP contribution in [0.15, 0.2) is 18.2 Å². The Kier molecular flexibility index (Phi) is 7.14. The molecular weight excluding hydrogens is 310 g/mol. The van der Waals surface area contributed by atoms with Crippen molar-refractivity contribution in [1.82, 2.24) is 10.2 Å². The van der Waals surface area contributed by atoms with Crippen LogP contribution in [0.4, 0.5) is 10.5 Å². The van der Waals surface area contributed by atoms with Gasteiger partial charge in [-0.15, -0.1) is 0 Å². The van der Waals surface area contributed by atoms with Gasteiger partial charge >= 0.3 is 6.03 Å². The molecule has 2 amide bonds. The van der Waals surface area contributed by atoms with E-state index in [9.17, 15) is 9.90 Å². The number of ether oxygens (including phenoxy) is 2. The number of carbonyl (C=O) groups excluding carboxylic acids is 1. The molecule has 2 rings (SSSR count). The van der Waals surface area contributed by atoms with Crippen molar-refractivity contribution in [2.24, 2.45) is 0 Å². The van der Waals surface area contributed by atoms with Gasteiger partial charge in [0.15, 0.2) is 0 Å². The van der Waals surface area contributed by atoms with E-state index in [1.165, 1.54) is 26.4 Å². The van der Waals surface area contributed by atoms with Crippen molar-refractivity contribution in [2.45, 2.75) is 25.4 Å². The highest BCUT2D eigenvalue weighted by Gasteiger charge is 2.15. The van der Waals surface area contributed by atoms with Crippen molar-refractivity contribution in [2.75, 3.05) is 45.7 Å². The minimum atomic E-state index is -0.582. The van der Waals surface area contributed by atoms with Gasteiger partial charge in [-0.2, -0.15) is 0 Å². The highest BCUT2D eigenvalue weighted by Crippen LogP contribution is 2.28. The molecule has 1 fully saturated rings. The summed E-state index contributed by atoms with van der Waals surface area (Å²) in [5.41, 5.74) is 0.514. The molecule has 0 aliphatic carbocycles. The van der Waals surface area contributed by atoms with Crippen molar-refractivity contribution >= 4 is 11.7 Å². The van der Waals surface area contributed by atoms with Crippen molar-refractivity contribution in [1.29, 1.82) is 0 Å². The van der Waals surface area contributed by atoms with Crippen molar-refractivity contribution in [3.8, 4) is 11.5 Å². The summed E-state index contributed by atoms with van der Waals surface area (Å²) in [5.74, 6) is 1.16. The monoisotopic (exact) mass is 337 g/mol. The van der Waals surface area contributed by atoms with Gasteiger partial charge in [-0.25, -0.2) is 4.79 Å². The fraction of sp³-hybridized carbons (Fsp3) is 0.588. The normalized spacial score (nSPS) is 16.3. The fourth-order valence-corrected chi connectivity index (χ4v) is 2.79. The molecule has 3 N–H and O–H groups in total. The van der Waals surface area contributed by atoms with E-state index < -0.39 is 6.10 Å². The first-order valence-electron chi connectivity index (χ1n) is 8.29. The Morgan fingerprint density at radius 2 is 2.00 bits per heavy atom. The van der Waals surface area contributed by atoms with E-state index in [-0.39, 0.29) is 12.6 Å². The van der Waals surface area contributed by atoms with Crippen LogP contribution in [0, 0.1) is 0 Å². The minimum Gasteiger partial charge on any atom is -0.497 e. The molecule has 1 aliphatic heterocycles. The summed E-state index contributed by atoms with van der Waals surface area (Å²) in [4.78, 5) is 14.3. The maximum atomic E-state index is 12.0. The van der Waals surface area contributed by atoms with E-state index in [0.29, 0.717) is 23.7 Å². The maximum Gasteiger partial charge on any atom is 0.319 e. The van der Waals surface area contributed by atoms with E-state index in [0.717, 1.165) is 13.1 Å². The lowest BCUT2D eigenvalue weighted by atomic mass is 10.1. The summed E-state index contributed by atoms with van der Waals surface area (Å²) < 4.78 is 10.4. The zero-order valence-electron chi connectivity index (χ0n) is 14.4. The second kappa shape index (κ2) is 9.34. The zero-order chi connectivity index (χ0) is 17.4. The largest absolute Gasteiger partial charge is 0.497 e. The molecule has 0 saturated carbocycles. The lowest BCUT2D eigenvalue weighted by Gasteiger charge is -2.28. The number of benzene rings is 1. The van der Waals surface area contributed by atoms with E-state index in [4.69, 9.17) is 9.47 Å². The van der Waals surface area contributed by atoms with E-state index >= 15 is 0 Å². The Hall–Kier alpha value is -1.99. The minimum absolute atomic E-state index is 0.203. The molecule has 0 bridgehead atoms. The number of amides is 2. The summed E-state index contributed by atoms with van der Waals surface area (Å²) in [6.07, 6.45) is 3.03. The molecule has 134 valence electrons. The smallest absolute Gasteiger partial charge is 0.319 e. The van der Waals surface area contributed by atoms with Crippen LogP contribution in [0.5, 0.6) is 11.5 Å². The summed E-state index contributed by atoms with van der Waals surface area (Å²) in [7, 11) is 3.09. The molecule has 7 heteroatoms. The first-order chi connectivity index (χ1) is 11.6. The second-order valence-corrected chi connectivity index (χ2v) is 5.92. The number of piperidine rings is 1. The average molecular weight is 337 g/mol. The quantitative estimate of drug-likeness (QED) is 0.705. The van der Waals surface area contributed by atoms with Gasteiger partial charge in [0.1, 0.15) is 11.5 Å². The van der Waals surface area contributed by atoms with Gasteiger partial charge in [0.25, 0.3) is 0 Å². The first kappa shape index (κ1) is 18.4. The summed E-state index contributed by atoms with van der Waals surface area (Å²) in [5, 5.41) is 15.5. The highest BCUT2D eigenvalue weighted by atomic mass is 16.5. The summed E-state index contributed by atoms with van der Waals surface area (Å²) in [6, 6.07) is 4.77. The van der Waals surface area contributed by atoms with Gasteiger partial charge < -0.3 is 30.1 Å². The number of nitrogens with zero attached hydrogens (tertiary/aromatic N) is 1. The zero-order valence-corrected chi connectivity index (χ0v) is 14.4. The second-order valence-electron chi connectivity index (χ2n) is 5.92. The lowest BCUT2D eigenvalue weighted by Crippen LogP contribution is -2.43. The number of methoxy groups -OCH3 is 2. The molecule has 0 aromatic heterocycles. The Balaban J connectivity index is 1.80. The number of aliphatic hydroxyl groups excluding tert-OH is 1. The highest BCUT2D eigenvalue weighted by molar-refractivity contribution is 5.91. The topological polar surface area (TPSA) is 83.1 Å². The Bertz CT molecular complexity index is 533. The molecule has 1 heterocycles. The predicted octanol–water partition coefficient (Wildman–Crippen LogP) is 1.67. The number of carbonyl (C=O) groups is 1. The van der Waals surface area contributed by atoms with Gasteiger partial charge in [0, 0.05) is 19.2 Å². The van der Waals surface area contributed by atoms with Gasteiger partial charge in [-0.3, -0.25) is 0 Å². The number of hydrogen-bond acceptors (Lipinski definition) is 5. The average Bonchev–Trinajstić information content (AvgIpc) is 2.60. The SMILES string of the molecule is COc1ccc(OC)c(NC(=O)NCC(O)CN2CCCCC2)c1. The molecule has 1 aromatic carbocycles. The van der Waals surface area contributed by atoms with Crippen LogP contribution in [0.3, 0.4) is 0 Å². The molecule has 0 radical (unpaired) electrons. The first-order valence-corrected chi connectivity index (χ1v) is 8.29. The lowest BCUT2D eigenvalue weighted by molar-refractivity contribution is 0.102. The van der Waals surface area contributed by atoms with Crippen molar-refractivity contribution < 1.29 is 19.4 Å². The van der Waals surface area contributed by atoms with Crippen molar-refractivity contribution in [3.63, 3.8) is 0 Å². The van der Waals surface area contributed by atoms with Gasteiger partial charge in [-0.1, -0.05) is 6.42 Å². The number of likely N-dealkylation sites (tertiary alicyclic amines) is 1. The maximum absolute atomic E-state index is 12.0. The number of urea groups is 1. The summed E-state index contributed by atoms with van der Waals surface area (Å²) >= 11 is 0. The molecule has 1 aliphatic rings. The number of nitrogens with one attached hydrogen (secondary N) is 2. The van der Waals surface area contributed by atoms with E-state index in [1.54, 1.807) is 25.3 Å². The van der Waals surface area contributed by atoms with Gasteiger partial charge in [0.2, 0.25) is 0 Å². The number of rotatable bonds is 7. The van der Waals surface area contributed by atoms with Crippen LogP contribution in [0.1, 0.15) is 19.3 Å². The Labute approximate surface area is 142 Å². The van der Waals surface area contributed by atoms with Crippen molar-refractivity contribution in [3.05, 3.63) is 18.2 Å². The molecule has 1 saturated heterocycles. The number of anilines is 1. The Morgan fingerprint density at radius 3 is 2.67 bits per heavy atom. The molecule has 1 atom stereocenters. The molecule has 24 heavy (non-hydrogen) atoms. The summed E-state index contributed by atoms with van der Waals surface area (Å²) in [6.45, 7) is 2.83. The fourth-order valence-electron chi connectivity index (χ4n) is 2.79. The van der Waals surface area contributed by atoms with E-state index in [2.05, 4.69) is 15.5 Å². The van der Waals surface area contributed by atoms with Gasteiger partial charge in [-0.05, 0) is 38.1 Å². The van der Waals surface area contributed by atoms with Crippen LogP contribution in [-0.4, -0.2) is 62.5 Å². The molecule has 1 unspecified atom stereocenters. The number of hydrogen-bond donors (Lipinski definition) is 3. The number of aliphatic hydroxyl groups is 1. The molecule has 1 aromatic rings. The predicted molar refractivity (Wildman–Crippen MR) is 92.9 cm³/mol. The third kappa shape index (κ3) is 5.58. The third-order valence-corrected chi connectivity index (χ3v) is 4.07. The number of β-amino-alcohol motifs (C(OH)–C–C–N with tert-alkyl or cyclic N) is 1. The third-order valence-electron chi connectivity index (χ3n) is 4.07. The van der Waals surface area contributed by atoms with E-state index in [1.807, 2.05) is 0 Å². The molecule has 7 nitrogen and oxygen atoms in total. The van der Waals surface area contributed by atoms with Crippen LogP contribution >= 0.6 is 0 Å². The Morgan fingerprint density at radius 1 is 1.25 bits per heavy atom. The van der Waals surface area contributed by atoms with Crippen LogP contribution < -0.4 is 20.1 Å². The van der Waals surface area contributed by atoms with Crippen LogP contribution in [-0.2, 0) is 0 Å². The standard InChI is InChI=1S/C17H27N3O4/c1-23-14-6-7-16(24-2)15(10-14)19-17(22)18-11-13(21)12-20-8-4-3-5-9-20/h6-7,10,13,21H,3-5,8-9,11-12H2,1-2H3,(H2,18,19,22).